The summed E-state index contributed by atoms with van der Waals surface area (Å²) in [5, 5.41) is 0. The van der Waals surface area contributed by atoms with Crippen molar-refractivity contribution in [1.82, 2.24) is 4.90 Å². The molecule has 104 valence electrons. The molecule has 0 bridgehead atoms. The van der Waals surface area contributed by atoms with Crippen LogP contribution in [0.25, 0.3) is 0 Å². The molecule has 2 rings (SSSR count). The van der Waals surface area contributed by atoms with Gasteiger partial charge in [-0.15, -0.1) is 0 Å². The van der Waals surface area contributed by atoms with Crippen LogP contribution in [0.4, 0.5) is 8.78 Å². The lowest BCUT2D eigenvalue weighted by Gasteiger charge is -2.28. The molecule has 1 unspecified atom stereocenters. The van der Waals surface area contributed by atoms with Gasteiger partial charge in [0, 0.05) is 13.0 Å². The van der Waals surface area contributed by atoms with Crippen LogP contribution in [0.2, 0.25) is 0 Å². The maximum atomic E-state index is 13.2. The molecule has 1 aromatic rings. The summed E-state index contributed by atoms with van der Waals surface area (Å²) in [5.41, 5.74) is 0.618. The van der Waals surface area contributed by atoms with Gasteiger partial charge in [-0.1, -0.05) is 18.9 Å². The van der Waals surface area contributed by atoms with E-state index in [1.165, 1.54) is 12.1 Å². The first-order valence-electron chi connectivity index (χ1n) is 6.72. The summed E-state index contributed by atoms with van der Waals surface area (Å²) in [4.78, 5) is 13.9. The Balaban J connectivity index is 2.11. The van der Waals surface area contributed by atoms with E-state index in [4.69, 9.17) is 0 Å². The molecule has 19 heavy (non-hydrogen) atoms. The van der Waals surface area contributed by atoms with Crippen LogP contribution in [0, 0.1) is 17.6 Å². The molecular formula is C15H19F2NO. The normalized spacial score (nSPS) is 17.5. The highest BCUT2D eigenvalue weighted by molar-refractivity contribution is 5.79. The Morgan fingerprint density at radius 3 is 2.47 bits per heavy atom. The largest absolute Gasteiger partial charge is 0.339 e. The van der Waals surface area contributed by atoms with E-state index in [9.17, 15) is 13.6 Å². The smallest absolute Gasteiger partial charge is 0.225 e. The minimum atomic E-state index is -0.869. The van der Waals surface area contributed by atoms with E-state index in [1.54, 1.807) is 11.9 Å². The van der Waals surface area contributed by atoms with E-state index in [-0.39, 0.29) is 17.9 Å². The highest BCUT2D eigenvalue weighted by Crippen LogP contribution is 2.29. The van der Waals surface area contributed by atoms with Gasteiger partial charge in [0.05, 0.1) is 6.04 Å². The van der Waals surface area contributed by atoms with Crippen LogP contribution in [-0.4, -0.2) is 17.9 Å². The first-order chi connectivity index (χ1) is 9.00. The van der Waals surface area contributed by atoms with Gasteiger partial charge in [-0.3, -0.25) is 4.79 Å². The molecule has 0 heterocycles. The zero-order valence-electron chi connectivity index (χ0n) is 11.3. The number of nitrogens with zero attached hydrogens (tertiary/aromatic N) is 1. The Bertz CT molecular complexity index is 469. The molecule has 4 heteroatoms. The minimum Gasteiger partial charge on any atom is -0.339 e. The number of carbonyl (C=O) groups excluding carboxylic acids is 1. The number of hydrogen-bond acceptors (Lipinski definition) is 1. The lowest BCUT2D eigenvalue weighted by atomic mass is 10.0. The van der Waals surface area contributed by atoms with Gasteiger partial charge in [0.1, 0.15) is 0 Å². The van der Waals surface area contributed by atoms with Crippen molar-refractivity contribution in [3.63, 3.8) is 0 Å². The third-order valence-electron chi connectivity index (χ3n) is 4.06. The van der Waals surface area contributed by atoms with Crippen LogP contribution in [0.15, 0.2) is 18.2 Å². The first kappa shape index (κ1) is 14.0. The Hall–Kier alpha value is -1.45. The Kier molecular flexibility index (Phi) is 4.17. The van der Waals surface area contributed by atoms with Gasteiger partial charge in [0.2, 0.25) is 5.91 Å². The quantitative estimate of drug-likeness (QED) is 0.818. The summed E-state index contributed by atoms with van der Waals surface area (Å²) in [7, 11) is 1.73. The number of carbonyl (C=O) groups is 1. The highest BCUT2D eigenvalue weighted by Gasteiger charge is 2.28. The van der Waals surface area contributed by atoms with E-state index < -0.39 is 11.6 Å². The van der Waals surface area contributed by atoms with Crippen molar-refractivity contribution in [1.29, 1.82) is 0 Å². The molecule has 1 fully saturated rings. The van der Waals surface area contributed by atoms with Crippen molar-refractivity contribution in [3.8, 4) is 0 Å². The Morgan fingerprint density at radius 2 is 1.89 bits per heavy atom. The maximum absolute atomic E-state index is 13.2. The highest BCUT2D eigenvalue weighted by atomic mass is 19.2. The number of halogens is 2. The van der Waals surface area contributed by atoms with Gasteiger partial charge in [-0.05, 0) is 37.5 Å². The van der Waals surface area contributed by atoms with Crippen LogP contribution in [0.1, 0.15) is 44.2 Å². The summed E-state index contributed by atoms with van der Waals surface area (Å²) >= 11 is 0. The fourth-order valence-corrected chi connectivity index (χ4v) is 2.65. The van der Waals surface area contributed by atoms with Crippen molar-refractivity contribution in [3.05, 3.63) is 35.4 Å². The molecule has 2 nitrogen and oxygen atoms in total. The lowest BCUT2D eigenvalue weighted by Crippen LogP contribution is -2.34. The predicted octanol–water partition coefficient (Wildman–Crippen LogP) is 3.67. The van der Waals surface area contributed by atoms with E-state index in [0.29, 0.717) is 5.56 Å². The molecule has 0 radical (unpaired) electrons. The van der Waals surface area contributed by atoms with Crippen LogP contribution in [0.3, 0.4) is 0 Å². The van der Waals surface area contributed by atoms with Crippen molar-refractivity contribution < 1.29 is 13.6 Å². The van der Waals surface area contributed by atoms with Gasteiger partial charge in [0.25, 0.3) is 0 Å². The number of amides is 1. The Labute approximate surface area is 112 Å². The summed E-state index contributed by atoms with van der Waals surface area (Å²) in [6.07, 6.45) is 4.08. The minimum absolute atomic E-state index is 0.0951. The molecule has 1 aromatic carbocycles. The molecule has 0 N–H and O–H groups in total. The van der Waals surface area contributed by atoms with E-state index in [0.717, 1.165) is 31.7 Å². The second kappa shape index (κ2) is 5.68. The van der Waals surface area contributed by atoms with Crippen molar-refractivity contribution >= 4 is 5.91 Å². The fraction of sp³-hybridized carbons (Fsp3) is 0.533. The average molecular weight is 267 g/mol. The van der Waals surface area contributed by atoms with Gasteiger partial charge < -0.3 is 4.90 Å². The van der Waals surface area contributed by atoms with E-state index >= 15 is 0 Å². The SMILES string of the molecule is CC(c1ccc(F)c(F)c1)N(C)C(=O)C1CCCC1. The Morgan fingerprint density at radius 1 is 1.26 bits per heavy atom. The fourth-order valence-electron chi connectivity index (χ4n) is 2.65. The first-order valence-corrected chi connectivity index (χ1v) is 6.72. The van der Waals surface area contributed by atoms with Crippen LogP contribution in [-0.2, 0) is 4.79 Å². The maximum Gasteiger partial charge on any atom is 0.225 e. The van der Waals surface area contributed by atoms with Gasteiger partial charge >= 0.3 is 0 Å². The van der Waals surface area contributed by atoms with Crippen LogP contribution < -0.4 is 0 Å². The van der Waals surface area contributed by atoms with Gasteiger partial charge in [0.15, 0.2) is 11.6 Å². The molecule has 0 spiro atoms. The molecule has 0 aromatic heterocycles. The van der Waals surface area contributed by atoms with Crippen LogP contribution in [0.5, 0.6) is 0 Å². The molecule has 0 aliphatic heterocycles. The summed E-state index contributed by atoms with van der Waals surface area (Å²) < 4.78 is 26.1. The van der Waals surface area contributed by atoms with E-state index in [1.807, 2.05) is 6.92 Å². The predicted molar refractivity (Wildman–Crippen MR) is 69.5 cm³/mol. The van der Waals surface area contributed by atoms with Crippen molar-refractivity contribution in [2.24, 2.45) is 5.92 Å². The van der Waals surface area contributed by atoms with Crippen LogP contribution >= 0.6 is 0 Å². The zero-order valence-corrected chi connectivity index (χ0v) is 11.3. The number of hydrogen-bond donors (Lipinski definition) is 0. The molecule has 1 amide bonds. The average Bonchev–Trinajstić information content (AvgIpc) is 2.93. The topological polar surface area (TPSA) is 20.3 Å². The summed E-state index contributed by atoms with van der Waals surface area (Å²) in [5.74, 6) is -1.53. The van der Waals surface area contributed by atoms with E-state index in [2.05, 4.69) is 0 Å². The second-order valence-electron chi connectivity index (χ2n) is 5.28. The molecule has 1 atom stereocenters. The lowest BCUT2D eigenvalue weighted by molar-refractivity contribution is -0.135. The molecule has 0 saturated heterocycles. The standard InChI is InChI=1S/C15H19F2NO/c1-10(12-7-8-13(16)14(17)9-12)18(2)15(19)11-5-3-4-6-11/h7-11H,3-6H2,1-2H3. The second-order valence-corrected chi connectivity index (χ2v) is 5.28. The third-order valence-corrected chi connectivity index (χ3v) is 4.06. The van der Waals surface area contributed by atoms with Gasteiger partial charge in [-0.25, -0.2) is 8.78 Å². The molecular weight excluding hydrogens is 248 g/mol. The number of benzene rings is 1. The molecule has 1 saturated carbocycles. The third kappa shape index (κ3) is 2.94. The van der Waals surface area contributed by atoms with Crippen molar-refractivity contribution in [2.45, 2.75) is 38.6 Å². The number of rotatable bonds is 3. The zero-order chi connectivity index (χ0) is 14.0. The monoisotopic (exact) mass is 267 g/mol. The van der Waals surface area contributed by atoms with Gasteiger partial charge in [-0.2, -0.15) is 0 Å². The van der Waals surface area contributed by atoms with Crippen molar-refractivity contribution in [2.75, 3.05) is 7.05 Å². The summed E-state index contributed by atoms with van der Waals surface area (Å²) in [6, 6.07) is 3.55. The molecule has 1 aliphatic rings. The summed E-state index contributed by atoms with van der Waals surface area (Å²) in [6.45, 7) is 1.83. The molecule has 1 aliphatic carbocycles.